The molecule has 9 heteroatoms. The molecule has 0 unspecified atom stereocenters. The number of phenols is 2. The summed E-state index contributed by atoms with van der Waals surface area (Å²) in [6.45, 7) is -0.542. The molecule has 2 aliphatic rings. The summed E-state index contributed by atoms with van der Waals surface area (Å²) >= 11 is 0. The number of aliphatic hydroxyl groups excluding tert-OH is 4. The van der Waals surface area contributed by atoms with Crippen LogP contribution in [0.2, 0.25) is 0 Å². The molecular formula is C15H18O9. The predicted molar refractivity (Wildman–Crippen MR) is 76.9 cm³/mol. The van der Waals surface area contributed by atoms with Gasteiger partial charge in [0, 0.05) is 12.5 Å². The van der Waals surface area contributed by atoms with Crippen LogP contribution in [0.5, 0.6) is 17.2 Å². The highest BCUT2D eigenvalue weighted by atomic mass is 16.5. The van der Waals surface area contributed by atoms with Crippen LogP contribution >= 0.6 is 0 Å². The van der Waals surface area contributed by atoms with Gasteiger partial charge < -0.3 is 40.1 Å². The number of phenolic OH excluding ortho intramolecular Hbond substituents is 2. The van der Waals surface area contributed by atoms with Gasteiger partial charge in [-0.05, 0) is 0 Å². The lowest BCUT2D eigenvalue weighted by Gasteiger charge is -2.40. The highest BCUT2D eigenvalue weighted by Crippen LogP contribution is 2.47. The molecular weight excluding hydrogens is 324 g/mol. The van der Waals surface area contributed by atoms with Gasteiger partial charge >= 0.3 is 0 Å². The van der Waals surface area contributed by atoms with Crippen molar-refractivity contribution in [2.45, 2.75) is 36.9 Å². The normalized spacial score (nSPS) is 33.0. The number of carbonyl (C=O) groups excluding carboxylic acids is 1. The summed E-state index contributed by atoms with van der Waals surface area (Å²) < 4.78 is 10.6. The second-order valence-electron chi connectivity index (χ2n) is 5.80. The monoisotopic (exact) mass is 342 g/mol. The number of Topliss-reactive ketones (excluding diaryl/α,β-unsaturated/α-hetero) is 1. The SMILES string of the molecule is O=C1CCOc2cc(O)c([C@H]3O[C@H](CO)[C@@H](O)[C@H](O)[C@@H]3O)c(O)c21. The number of ketones is 1. The minimum Gasteiger partial charge on any atom is -0.507 e. The van der Waals surface area contributed by atoms with Gasteiger partial charge in [0.1, 0.15) is 53.3 Å². The van der Waals surface area contributed by atoms with Crippen molar-refractivity contribution in [3.8, 4) is 17.2 Å². The molecule has 1 aromatic carbocycles. The van der Waals surface area contributed by atoms with Crippen LogP contribution in [0.15, 0.2) is 6.07 Å². The van der Waals surface area contributed by atoms with Gasteiger partial charge in [-0.25, -0.2) is 0 Å². The number of fused-ring (bicyclic) bond motifs is 1. The molecule has 0 spiro atoms. The number of ether oxygens (including phenoxy) is 2. The van der Waals surface area contributed by atoms with Crippen LogP contribution in [0.4, 0.5) is 0 Å². The van der Waals surface area contributed by atoms with Gasteiger partial charge in [-0.3, -0.25) is 4.79 Å². The lowest BCUT2D eigenvalue weighted by Crippen LogP contribution is -2.55. The molecule has 9 nitrogen and oxygen atoms in total. The Balaban J connectivity index is 2.08. The highest BCUT2D eigenvalue weighted by molar-refractivity contribution is 6.03. The van der Waals surface area contributed by atoms with Gasteiger partial charge in [-0.15, -0.1) is 0 Å². The van der Waals surface area contributed by atoms with E-state index in [2.05, 4.69) is 0 Å². The van der Waals surface area contributed by atoms with Crippen molar-refractivity contribution in [1.82, 2.24) is 0 Å². The van der Waals surface area contributed by atoms with Gasteiger partial charge in [0.15, 0.2) is 5.78 Å². The summed E-state index contributed by atoms with van der Waals surface area (Å²) in [5.41, 5.74) is -0.462. The van der Waals surface area contributed by atoms with Crippen molar-refractivity contribution in [3.63, 3.8) is 0 Å². The highest BCUT2D eigenvalue weighted by Gasteiger charge is 2.46. The number of rotatable bonds is 2. The molecule has 0 amide bonds. The molecule has 0 bridgehead atoms. The Morgan fingerprint density at radius 3 is 2.50 bits per heavy atom. The van der Waals surface area contributed by atoms with Crippen molar-refractivity contribution < 1.29 is 44.9 Å². The fourth-order valence-electron chi connectivity index (χ4n) is 3.03. The van der Waals surface area contributed by atoms with Crippen LogP contribution in [0, 0.1) is 0 Å². The quantitative estimate of drug-likeness (QED) is 0.379. The number of aromatic hydroxyl groups is 2. The molecule has 1 fully saturated rings. The summed E-state index contributed by atoms with van der Waals surface area (Å²) in [7, 11) is 0. The van der Waals surface area contributed by atoms with E-state index in [-0.39, 0.29) is 29.9 Å². The van der Waals surface area contributed by atoms with Crippen molar-refractivity contribution in [2.75, 3.05) is 13.2 Å². The lowest BCUT2D eigenvalue weighted by molar-refractivity contribution is -0.232. The van der Waals surface area contributed by atoms with Gasteiger partial charge in [0.2, 0.25) is 0 Å². The molecule has 1 saturated heterocycles. The molecule has 0 saturated carbocycles. The van der Waals surface area contributed by atoms with Crippen LogP contribution in [0.1, 0.15) is 28.4 Å². The van der Waals surface area contributed by atoms with E-state index >= 15 is 0 Å². The number of hydrogen-bond acceptors (Lipinski definition) is 9. The summed E-state index contributed by atoms with van der Waals surface area (Å²) in [6.07, 6.45) is -7.58. The summed E-state index contributed by atoms with van der Waals surface area (Å²) in [5.74, 6) is -1.53. The maximum absolute atomic E-state index is 12.0. The van der Waals surface area contributed by atoms with E-state index in [4.69, 9.17) is 9.47 Å². The first-order valence-corrected chi connectivity index (χ1v) is 7.42. The largest absolute Gasteiger partial charge is 0.507 e. The van der Waals surface area contributed by atoms with Crippen LogP contribution < -0.4 is 4.74 Å². The Morgan fingerprint density at radius 2 is 1.83 bits per heavy atom. The van der Waals surface area contributed by atoms with Gasteiger partial charge in [0.25, 0.3) is 0 Å². The molecule has 5 atom stereocenters. The second-order valence-corrected chi connectivity index (χ2v) is 5.80. The zero-order chi connectivity index (χ0) is 17.6. The molecule has 3 rings (SSSR count). The molecule has 24 heavy (non-hydrogen) atoms. The molecule has 1 aromatic rings. The van der Waals surface area contributed by atoms with Crippen molar-refractivity contribution in [2.24, 2.45) is 0 Å². The zero-order valence-corrected chi connectivity index (χ0v) is 12.5. The molecule has 0 aromatic heterocycles. The van der Waals surface area contributed by atoms with Gasteiger partial charge in [-0.2, -0.15) is 0 Å². The molecule has 132 valence electrons. The third-order valence-electron chi connectivity index (χ3n) is 4.32. The predicted octanol–water partition coefficient (Wildman–Crippen LogP) is -1.42. The van der Waals surface area contributed by atoms with E-state index in [1.165, 1.54) is 0 Å². The zero-order valence-electron chi connectivity index (χ0n) is 12.5. The number of aliphatic hydroxyl groups is 4. The minimum atomic E-state index is -1.70. The smallest absolute Gasteiger partial charge is 0.173 e. The first-order chi connectivity index (χ1) is 11.4. The number of benzene rings is 1. The molecule has 0 aliphatic carbocycles. The number of hydrogen-bond donors (Lipinski definition) is 6. The minimum absolute atomic E-state index is 0.00888. The molecule has 2 aliphatic heterocycles. The summed E-state index contributed by atoms with van der Waals surface area (Å²) in [4.78, 5) is 12.0. The third-order valence-corrected chi connectivity index (χ3v) is 4.32. The van der Waals surface area contributed by atoms with E-state index in [9.17, 15) is 35.4 Å². The van der Waals surface area contributed by atoms with E-state index in [0.29, 0.717) is 0 Å². The fraction of sp³-hybridized carbons (Fsp3) is 0.533. The Bertz CT molecular complexity index is 657. The van der Waals surface area contributed by atoms with Crippen LogP contribution in [-0.4, -0.2) is 74.1 Å². The number of carbonyl (C=O) groups is 1. The maximum atomic E-state index is 12.0. The van der Waals surface area contributed by atoms with E-state index in [1.807, 2.05) is 0 Å². The topological polar surface area (TPSA) is 157 Å². The molecule has 2 heterocycles. The standard InChI is InChI=1S/C15H18O9/c16-4-8-11(19)13(21)14(22)15(24-8)10-6(18)3-7-9(12(10)20)5(17)1-2-23-7/h3,8,11,13-16,18-22H,1-2,4H2/t8-,11-,13+,14+,15-/m1/s1. The first-order valence-electron chi connectivity index (χ1n) is 7.42. The van der Waals surface area contributed by atoms with Crippen LogP contribution in [-0.2, 0) is 4.74 Å². The van der Waals surface area contributed by atoms with E-state index < -0.39 is 54.4 Å². The van der Waals surface area contributed by atoms with Crippen molar-refractivity contribution >= 4 is 5.78 Å². The van der Waals surface area contributed by atoms with Crippen LogP contribution in [0.25, 0.3) is 0 Å². The maximum Gasteiger partial charge on any atom is 0.173 e. The third kappa shape index (κ3) is 2.50. The summed E-state index contributed by atoms with van der Waals surface area (Å²) in [6, 6.07) is 1.11. The Morgan fingerprint density at radius 1 is 1.12 bits per heavy atom. The van der Waals surface area contributed by atoms with Gasteiger partial charge in [0.05, 0.1) is 18.8 Å². The molecule has 0 radical (unpaired) electrons. The Labute approximate surface area is 136 Å². The van der Waals surface area contributed by atoms with Crippen molar-refractivity contribution in [3.05, 3.63) is 17.2 Å². The van der Waals surface area contributed by atoms with E-state index in [0.717, 1.165) is 6.07 Å². The average molecular weight is 342 g/mol. The summed E-state index contributed by atoms with van der Waals surface area (Å²) in [5, 5.41) is 59.6. The second kappa shape index (κ2) is 6.19. The molecule has 6 N–H and O–H groups in total. The first kappa shape index (κ1) is 16.9. The van der Waals surface area contributed by atoms with Crippen LogP contribution in [0.3, 0.4) is 0 Å². The van der Waals surface area contributed by atoms with E-state index in [1.54, 1.807) is 0 Å². The fourth-order valence-corrected chi connectivity index (χ4v) is 3.03. The Kier molecular flexibility index (Phi) is 4.37. The Hall–Kier alpha value is -1.91. The lowest BCUT2D eigenvalue weighted by atomic mass is 9.88. The van der Waals surface area contributed by atoms with Gasteiger partial charge in [-0.1, -0.05) is 0 Å². The van der Waals surface area contributed by atoms with Crippen molar-refractivity contribution in [1.29, 1.82) is 0 Å². The average Bonchev–Trinajstić information content (AvgIpc) is 2.54.